The first kappa shape index (κ1) is 27.8. The SMILES string of the molecule is CCCOc1ccc(OC)c(F)c1C(=O)c1ccc(C(=O)NC2CNCC2NC(=O)c2ccc3cn[nH]c3c2)cc1. The van der Waals surface area contributed by atoms with Gasteiger partial charge in [-0.15, -0.1) is 0 Å². The lowest BCUT2D eigenvalue weighted by Crippen LogP contribution is -2.51. The molecule has 2 atom stereocenters. The van der Waals surface area contributed by atoms with Crippen LogP contribution in [0.25, 0.3) is 10.9 Å². The second kappa shape index (κ2) is 12.2. The topological polar surface area (TPSA) is 134 Å². The van der Waals surface area contributed by atoms with Gasteiger partial charge in [0.25, 0.3) is 11.8 Å². The minimum atomic E-state index is -0.806. The summed E-state index contributed by atoms with van der Waals surface area (Å²) in [5, 5.41) is 16.9. The summed E-state index contributed by atoms with van der Waals surface area (Å²) in [5.41, 5.74) is 1.52. The number of amides is 2. The first-order valence-corrected chi connectivity index (χ1v) is 13.3. The molecule has 0 aliphatic carbocycles. The number of ketones is 1. The van der Waals surface area contributed by atoms with Gasteiger partial charge in [0.1, 0.15) is 11.3 Å². The highest BCUT2D eigenvalue weighted by Gasteiger charge is 2.30. The maximum atomic E-state index is 15.1. The summed E-state index contributed by atoms with van der Waals surface area (Å²) in [6.07, 6.45) is 2.37. The molecule has 3 aromatic carbocycles. The predicted octanol–water partition coefficient (Wildman–Crippen LogP) is 3.23. The Morgan fingerprint density at radius 1 is 0.927 bits per heavy atom. The fourth-order valence-electron chi connectivity index (χ4n) is 4.72. The van der Waals surface area contributed by atoms with Crippen molar-refractivity contribution >= 4 is 28.5 Å². The molecule has 2 amide bonds. The van der Waals surface area contributed by atoms with E-state index >= 15 is 4.39 Å². The van der Waals surface area contributed by atoms with E-state index in [1.165, 1.54) is 43.5 Å². The van der Waals surface area contributed by atoms with E-state index in [1.807, 2.05) is 13.0 Å². The zero-order chi connectivity index (χ0) is 28.9. The Bertz CT molecular complexity index is 1590. The van der Waals surface area contributed by atoms with E-state index in [9.17, 15) is 14.4 Å². The Morgan fingerprint density at radius 3 is 2.24 bits per heavy atom. The van der Waals surface area contributed by atoms with E-state index in [0.29, 0.717) is 37.2 Å². The van der Waals surface area contributed by atoms with Crippen molar-refractivity contribution in [3.8, 4) is 11.5 Å². The van der Waals surface area contributed by atoms with E-state index in [1.54, 1.807) is 18.3 Å². The van der Waals surface area contributed by atoms with Crippen LogP contribution < -0.4 is 25.4 Å². The number of aromatic nitrogens is 2. The molecule has 5 rings (SSSR count). The molecule has 1 aliphatic rings. The number of carbonyl (C=O) groups excluding carboxylic acids is 3. The number of aromatic amines is 1. The highest BCUT2D eigenvalue weighted by Crippen LogP contribution is 2.31. The Balaban J connectivity index is 1.26. The number of hydrogen-bond donors (Lipinski definition) is 4. The van der Waals surface area contributed by atoms with Crippen LogP contribution in [0.4, 0.5) is 4.39 Å². The van der Waals surface area contributed by atoms with Gasteiger partial charge in [0.05, 0.1) is 37.5 Å². The number of carbonyl (C=O) groups is 3. The maximum absolute atomic E-state index is 15.1. The van der Waals surface area contributed by atoms with Crippen LogP contribution in [0.1, 0.15) is 50.0 Å². The number of ether oxygens (including phenoxy) is 2. The average molecular weight is 560 g/mol. The Labute approximate surface area is 235 Å². The standard InChI is InChI=1S/C30H30FN5O5/c1-3-12-41-24-10-11-25(40-2)27(31)26(24)28(37)17-4-6-18(7-5-17)29(38)34-22-15-32-16-23(22)35-30(39)19-8-9-20-14-33-36-21(20)13-19/h4-11,13-14,22-23,32H,3,12,15-16H2,1-2H3,(H,33,36)(H,34,38)(H,35,39). The van der Waals surface area contributed by atoms with E-state index < -0.39 is 11.6 Å². The minimum absolute atomic E-state index is 0.0677. The minimum Gasteiger partial charge on any atom is -0.494 e. The van der Waals surface area contributed by atoms with Crippen LogP contribution >= 0.6 is 0 Å². The lowest BCUT2D eigenvalue weighted by atomic mass is 10.00. The lowest BCUT2D eigenvalue weighted by molar-refractivity contribution is 0.0896. The third kappa shape index (κ3) is 5.90. The summed E-state index contributed by atoms with van der Waals surface area (Å²) in [4.78, 5) is 39.2. The summed E-state index contributed by atoms with van der Waals surface area (Å²) >= 11 is 0. The second-order valence-electron chi connectivity index (χ2n) is 9.70. The number of nitrogens with one attached hydrogen (secondary N) is 4. The third-order valence-corrected chi connectivity index (χ3v) is 6.94. The first-order valence-electron chi connectivity index (χ1n) is 13.3. The van der Waals surface area contributed by atoms with Crippen LogP contribution in [0.5, 0.6) is 11.5 Å². The van der Waals surface area contributed by atoms with Crippen molar-refractivity contribution in [2.45, 2.75) is 25.4 Å². The first-order chi connectivity index (χ1) is 19.9. The van der Waals surface area contributed by atoms with Crippen LogP contribution in [-0.2, 0) is 0 Å². The van der Waals surface area contributed by atoms with E-state index in [2.05, 4.69) is 26.1 Å². The molecule has 4 aromatic rings. The highest BCUT2D eigenvalue weighted by molar-refractivity contribution is 6.11. The number of H-pyrrole nitrogens is 1. The van der Waals surface area contributed by atoms with Crippen LogP contribution in [0.15, 0.2) is 60.8 Å². The zero-order valence-electron chi connectivity index (χ0n) is 22.6. The van der Waals surface area contributed by atoms with Crippen molar-refractivity contribution in [2.75, 3.05) is 26.8 Å². The van der Waals surface area contributed by atoms with Crippen LogP contribution in [0, 0.1) is 5.82 Å². The van der Waals surface area contributed by atoms with Gasteiger partial charge in [-0.2, -0.15) is 5.10 Å². The summed E-state index contributed by atoms with van der Waals surface area (Å²) < 4.78 is 25.7. The smallest absolute Gasteiger partial charge is 0.251 e. The largest absolute Gasteiger partial charge is 0.494 e. The summed E-state index contributed by atoms with van der Waals surface area (Å²) in [5.74, 6) is -1.96. The Morgan fingerprint density at radius 2 is 1.56 bits per heavy atom. The van der Waals surface area contributed by atoms with Gasteiger partial charge in [0.15, 0.2) is 17.3 Å². The maximum Gasteiger partial charge on any atom is 0.251 e. The number of nitrogens with zero attached hydrogens (tertiary/aromatic N) is 1. The fraction of sp³-hybridized carbons (Fsp3) is 0.267. The third-order valence-electron chi connectivity index (χ3n) is 6.94. The van der Waals surface area contributed by atoms with E-state index in [0.717, 1.165) is 10.9 Å². The molecule has 2 heterocycles. The molecule has 212 valence electrons. The molecule has 41 heavy (non-hydrogen) atoms. The molecule has 0 spiro atoms. The fourth-order valence-corrected chi connectivity index (χ4v) is 4.72. The Hall–Kier alpha value is -4.77. The molecule has 1 fully saturated rings. The molecule has 0 saturated carbocycles. The molecule has 11 heteroatoms. The van der Waals surface area contributed by atoms with Crippen LogP contribution in [-0.4, -0.2) is 66.7 Å². The van der Waals surface area contributed by atoms with Crippen molar-refractivity contribution in [3.63, 3.8) is 0 Å². The summed E-state index contributed by atoms with van der Waals surface area (Å²) in [6.45, 7) is 3.19. The number of rotatable bonds is 10. The van der Waals surface area contributed by atoms with E-state index in [-0.39, 0.29) is 46.5 Å². The Kier molecular flexibility index (Phi) is 8.25. The van der Waals surface area contributed by atoms with Crippen molar-refractivity contribution in [1.82, 2.24) is 26.1 Å². The van der Waals surface area contributed by atoms with Gasteiger partial charge in [-0.05, 0) is 42.8 Å². The zero-order valence-corrected chi connectivity index (χ0v) is 22.6. The van der Waals surface area contributed by atoms with Crippen molar-refractivity contribution in [1.29, 1.82) is 0 Å². The number of hydrogen-bond acceptors (Lipinski definition) is 7. The van der Waals surface area contributed by atoms with Crippen LogP contribution in [0.2, 0.25) is 0 Å². The molecule has 0 bridgehead atoms. The molecule has 1 saturated heterocycles. The second-order valence-corrected chi connectivity index (χ2v) is 9.70. The molecule has 10 nitrogen and oxygen atoms in total. The number of halogens is 1. The number of fused-ring (bicyclic) bond motifs is 1. The molecule has 4 N–H and O–H groups in total. The van der Waals surface area contributed by atoms with Crippen molar-refractivity contribution < 1.29 is 28.2 Å². The van der Waals surface area contributed by atoms with Gasteiger partial charge in [-0.3, -0.25) is 19.5 Å². The van der Waals surface area contributed by atoms with Gasteiger partial charge in [0.2, 0.25) is 0 Å². The van der Waals surface area contributed by atoms with Crippen molar-refractivity contribution in [3.05, 3.63) is 88.9 Å². The van der Waals surface area contributed by atoms with Gasteiger partial charge >= 0.3 is 0 Å². The highest BCUT2D eigenvalue weighted by atomic mass is 19.1. The average Bonchev–Trinajstić information content (AvgIpc) is 3.64. The molecule has 1 aliphatic heterocycles. The van der Waals surface area contributed by atoms with E-state index in [4.69, 9.17) is 9.47 Å². The van der Waals surface area contributed by atoms with Crippen molar-refractivity contribution in [2.24, 2.45) is 0 Å². The van der Waals surface area contributed by atoms with Gasteiger partial charge in [-0.25, -0.2) is 4.39 Å². The quantitative estimate of drug-likeness (QED) is 0.219. The summed E-state index contributed by atoms with van der Waals surface area (Å²) in [6, 6.07) is 13.4. The summed E-state index contributed by atoms with van der Waals surface area (Å²) in [7, 11) is 1.32. The van der Waals surface area contributed by atoms with Crippen LogP contribution in [0.3, 0.4) is 0 Å². The van der Waals surface area contributed by atoms with Gasteiger partial charge in [-0.1, -0.05) is 25.1 Å². The number of benzene rings is 3. The molecular formula is C30H30FN5O5. The molecular weight excluding hydrogens is 529 g/mol. The number of methoxy groups -OCH3 is 1. The monoisotopic (exact) mass is 559 g/mol. The molecule has 1 aromatic heterocycles. The molecule has 2 unspecified atom stereocenters. The predicted molar refractivity (Wildman–Crippen MR) is 150 cm³/mol. The van der Waals surface area contributed by atoms with Gasteiger partial charge in [0, 0.05) is 35.2 Å². The molecule has 0 radical (unpaired) electrons. The lowest BCUT2D eigenvalue weighted by Gasteiger charge is -2.21. The normalized spacial score (nSPS) is 16.4. The van der Waals surface area contributed by atoms with Gasteiger partial charge < -0.3 is 25.4 Å².